The first-order valence-corrected chi connectivity index (χ1v) is 7.89. The van der Waals surface area contributed by atoms with E-state index in [4.69, 9.17) is 0 Å². The van der Waals surface area contributed by atoms with Crippen molar-refractivity contribution >= 4 is 22.8 Å². The molecule has 0 aliphatic rings. The first-order valence-electron chi connectivity index (χ1n) is 6.90. The summed E-state index contributed by atoms with van der Waals surface area (Å²) >= 11 is 1.32. The van der Waals surface area contributed by atoms with Gasteiger partial charge < -0.3 is 4.98 Å². The van der Waals surface area contributed by atoms with Crippen molar-refractivity contribution in [3.63, 3.8) is 0 Å². The van der Waals surface area contributed by atoms with Gasteiger partial charge in [-0.15, -0.1) is 11.8 Å². The van der Waals surface area contributed by atoms with Crippen molar-refractivity contribution < 1.29 is 8.78 Å². The van der Waals surface area contributed by atoms with Gasteiger partial charge in [0.05, 0.1) is 11.0 Å². The van der Waals surface area contributed by atoms with Crippen molar-refractivity contribution in [3.05, 3.63) is 64.6 Å². The Hall–Kier alpha value is -2.08. The molecule has 3 nitrogen and oxygen atoms in total. The third kappa shape index (κ3) is 3.06. The summed E-state index contributed by atoms with van der Waals surface area (Å²) in [5.41, 5.74) is 1.54. The average molecular weight is 320 g/mol. The van der Waals surface area contributed by atoms with Gasteiger partial charge in [0.25, 0.3) is 0 Å². The Kier molecular flexibility index (Phi) is 4.29. The summed E-state index contributed by atoms with van der Waals surface area (Å²) in [6.07, 6.45) is 0.712. The monoisotopic (exact) mass is 320 g/mol. The second-order valence-electron chi connectivity index (χ2n) is 4.88. The van der Waals surface area contributed by atoms with Crippen LogP contribution in [0.3, 0.4) is 0 Å². The number of aryl methyl sites for hydroxylation is 1. The van der Waals surface area contributed by atoms with Gasteiger partial charge in [0, 0.05) is 17.5 Å². The lowest BCUT2D eigenvalue weighted by Gasteiger charge is -2.05. The number of imidazole rings is 1. The van der Waals surface area contributed by atoms with Gasteiger partial charge in [0.15, 0.2) is 0 Å². The number of hydrogen-bond acceptors (Lipinski definition) is 2. The van der Waals surface area contributed by atoms with E-state index < -0.39 is 11.6 Å². The van der Waals surface area contributed by atoms with Crippen LogP contribution < -0.4 is 5.69 Å². The minimum Gasteiger partial charge on any atom is -0.306 e. The van der Waals surface area contributed by atoms with E-state index in [0.29, 0.717) is 23.6 Å². The smallest absolute Gasteiger partial charge is 0.306 e. The number of benzene rings is 2. The Morgan fingerprint density at radius 1 is 1.14 bits per heavy atom. The van der Waals surface area contributed by atoms with Crippen LogP contribution in [0.4, 0.5) is 8.78 Å². The maximum Gasteiger partial charge on any atom is 0.326 e. The molecular formula is C16H14F2N2OS. The van der Waals surface area contributed by atoms with Crippen LogP contribution in [0.5, 0.6) is 0 Å². The summed E-state index contributed by atoms with van der Waals surface area (Å²) in [5.74, 6) is -0.476. The highest BCUT2D eigenvalue weighted by Crippen LogP contribution is 2.23. The third-order valence-electron chi connectivity index (χ3n) is 3.36. The fraction of sp³-hybridized carbons (Fsp3) is 0.188. The maximum atomic E-state index is 13.5. The molecule has 22 heavy (non-hydrogen) atoms. The molecule has 0 unspecified atom stereocenters. The van der Waals surface area contributed by atoms with Crippen molar-refractivity contribution in [2.24, 2.45) is 0 Å². The van der Waals surface area contributed by atoms with Crippen molar-refractivity contribution in [1.82, 2.24) is 9.55 Å². The van der Waals surface area contributed by atoms with Crippen LogP contribution in [0.1, 0.15) is 6.42 Å². The highest BCUT2D eigenvalue weighted by atomic mass is 32.2. The molecule has 0 amide bonds. The van der Waals surface area contributed by atoms with Crippen LogP contribution in [0.2, 0.25) is 0 Å². The SMILES string of the molecule is O=c1[nH]c2ccccc2n1CCCSc1ccc(F)cc1F. The van der Waals surface area contributed by atoms with Gasteiger partial charge in [0.1, 0.15) is 11.6 Å². The Labute approximate surface area is 130 Å². The normalized spacial score (nSPS) is 11.2. The van der Waals surface area contributed by atoms with Crippen molar-refractivity contribution in [2.45, 2.75) is 17.9 Å². The number of halogens is 2. The quantitative estimate of drug-likeness (QED) is 0.574. The lowest BCUT2D eigenvalue weighted by atomic mass is 10.3. The standard InChI is InChI=1S/C16H14F2N2OS/c17-11-6-7-15(12(18)10-11)22-9-3-8-20-14-5-2-1-4-13(14)19-16(20)21/h1-2,4-7,10H,3,8-9H2,(H,19,21). The molecule has 3 rings (SSSR count). The zero-order valence-electron chi connectivity index (χ0n) is 11.7. The number of rotatable bonds is 5. The summed E-state index contributed by atoms with van der Waals surface area (Å²) in [6.45, 7) is 0.554. The topological polar surface area (TPSA) is 37.8 Å². The Morgan fingerprint density at radius 2 is 1.95 bits per heavy atom. The Bertz CT molecular complexity index is 857. The molecule has 0 radical (unpaired) electrons. The van der Waals surface area contributed by atoms with E-state index in [2.05, 4.69) is 4.98 Å². The van der Waals surface area contributed by atoms with Crippen LogP contribution in [-0.2, 0) is 6.54 Å². The number of nitrogens with zero attached hydrogens (tertiary/aromatic N) is 1. The summed E-state index contributed by atoms with van der Waals surface area (Å²) < 4.78 is 28.0. The van der Waals surface area contributed by atoms with Gasteiger partial charge in [-0.2, -0.15) is 0 Å². The molecule has 0 spiro atoms. The lowest BCUT2D eigenvalue weighted by molar-refractivity contribution is 0.565. The van der Waals surface area contributed by atoms with E-state index in [0.717, 1.165) is 17.1 Å². The molecule has 0 saturated carbocycles. The molecule has 0 fully saturated rings. The largest absolute Gasteiger partial charge is 0.326 e. The molecule has 0 atom stereocenters. The first kappa shape index (κ1) is 14.8. The van der Waals surface area contributed by atoms with E-state index in [1.807, 2.05) is 24.3 Å². The molecule has 0 aliphatic carbocycles. The van der Waals surface area contributed by atoms with Crippen molar-refractivity contribution in [2.75, 3.05) is 5.75 Å². The molecule has 114 valence electrons. The molecule has 6 heteroatoms. The van der Waals surface area contributed by atoms with Crippen LogP contribution in [0.15, 0.2) is 52.2 Å². The zero-order valence-corrected chi connectivity index (χ0v) is 12.5. The van der Waals surface area contributed by atoms with Gasteiger partial charge in [-0.1, -0.05) is 12.1 Å². The highest BCUT2D eigenvalue weighted by molar-refractivity contribution is 7.99. The van der Waals surface area contributed by atoms with Crippen LogP contribution >= 0.6 is 11.8 Å². The zero-order chi connectivity index (χ0) is 15.5. The van der Waals surface area contributed by atoms with Crippen molar-refractivity contribution in [3.8, 4) is 0 Å². The van der Waals surface area contributed by atoms with Gasteiger partial charge in [0.2, 0.25) is 0 Å². The fourth-order valence-electron chi connectivity index (χ4n) is 2.33. The van der Waals surface area contributed by atoms with Crippen LogP contribution in [0.25, 0.3) is 11.0 Å². The summed E-state index contributed by atoms with van der Waals surface area (Å²) in [4.78, 5) is 15.1. The molecule has 0 aliphatic heterocycles. The molecular weight excluding hydrogens is 306 g/mol. The molecule has 0 saturated heterocycles. The fourth-order valence-corrected chi connectivity index (χ4v) is 3.18. The number of para-hydroxylation sites is 2. The summed E-state index contributed by atoms with van der Waals surface area (Å²) in [7, 11) is 0. The van der Waals surface area contributed by atoms with Crippen LogP contribution in [0, 0.1) is 11.6 Å². The van der Waals surface area contributed by atoms with E-state index in [1.54, 1.807) is 4.57 Å². The number of fused-ring (bicyclic) bond motifs is 1. The van der Waals surface area contributed by atoms with Crippen LogP contribution in [-0.4, -0.2) is 15.3 Å². The Morgan fingerprint density at radius 3 is 2.77 bits per heavy atom. The van der Waals surface area contributed by atoms with Gasteiger partial charge >= 0.3 is 5.69 Å². The second-order valence-corrected chi connectivity index (χ2v) is 6.01. The molecule has 1 aromatic heterocycles. The number of thioether (sulfide) groups is 1. The number of hydrogen-bond donors (Lipinski definition) is 1. The van der Waals surface area contributed by atoms with Gasteiger partial charge in [-0.25, -0.2) is 13.6 Å². The minimum atomic E-state index is -0.577. The molecule has 1 heterocycles. The minimum absolute atomic E-state index is 0.140. The average Bonchev–Trinajstić information content (AvgIpc) is 2.81. The predicted molar refractivity (Wildman–Crippen MR) is 84.3 cm³/mol. The second kappa shape index (κ2) is 6.36. The van der Waals surface area contributed by atoms with Gasteiger partial charge in [-0.3, -0.25) is 4.57 Å². The molecule has 2 aromatic carbocycles. The highest BCUT2D eigenvalue weighted by Gasteiger charge is 2.07. The summed E-state index contributed by atoms with van der Waals surface area (Å²) in [6, 6.07) is 11.1. The number of aromatic nitrogens is 2. The number of nitrogens with one attached hydrogen (secondary N) is 1. The summed E-state index contributed by atoms with van der Waals surface area (Å²) in [5, 5.41) is 0. The third-order valence-corrected chi connectivity index (χ3v) is 4.49. The molecule has 1 N–H and O–H groups in total. The van der Waals surface area contributed by atoms with E-state index in [-0.39, 0.29) is 5.69 Å². The van der Waals surface area contributed by atoms with E-state index in [1.165, 1.54) is 23.9 Å². The predicted octanol–water partition coefficient (Wildman–Crippen LogP) is 3.79. The number of aromatic amines is 1. The Balaban J connectivity index is 1.63. The van der Waals surface area contributed by atoms with Gasteiger partial charge in [-0.05, 0) is 36.4 Å². The maximum absolute atomic E-state index is 13.5. The first-order chi connectivity index (χ1) is 10.6. The lowest BCUT2D eigenvalue weighted by Crippen LogP contribution is -2.17. The molecule has 3 aromatic rings. The number of H-pyrrole nitrogens is 1. The van der Waals surface area contributed by atoms with E-state index in [9.17, 15) is 13.6 Å². The molecule has 0 bridgehead atoms. The van der Waals surface area contributed by atoms with E-state index >= 15 is 0 Å². The van der Waals surface area contributed by atoms with Crippen molar-refractivity contribution in [1.29, 1.82) is 0 Å².